The molecule has 1 fully saturated rings. The van der Waals surface area contributed by atoms with E-state index in [0.717, 1.165) is 6.42 Å². The van der Waals surface area contributed by atoms with Crippen LogP contribution in [0.25, 0.3) is 0 Å². The van der Waals surface area contributed by atoms with Gasteiger partial charge in [-0.3, -0.25) is 4.79 Å². The fourth-order valence-corrected chi connectivity index (χ4v) is 1.26. The summed E-state index contributed by atoms with van der Waals surface area (Å²) in [6, 6.07) is 0. The quantitative estimate of drug-likeness (QED) is 0.565. The third kappa shape index (κ3) is 1.52. The minimum absolute atomic E-state index is 0.178. The smallest absolute Gasteiger partial charge is 0.250 e. The van der Waals surface area contributed by atoms with Gasteiger partial charge in [0.05, 0.1) is 0 Å². The number of hydrogen-bond donors (Lipinski definition) is 2. The van der Waals surface area contributed by atoms with Crippen molar-refractivity contribution >= 4 is 5.91 Å². The zero-order chi connectivity index (χ0) is 8.32. The number of carbonyl (C=O) groups is 1. The zero-order valence-corrected chi connectivity index (χ0v) is 6.25. The van der Waals surface area contributed by atoms with Crippen molar-refractivity contribution in [3.8, 4) is 0 Å². The molecule has 0 aromatic carbocycles. The van der Waals surface area contributed by atoms with Gasteiger partial charge >= 0.3 is 0 Å². The van der Waals surface area contributed by atoms with Crippen molar-refractivity contribution in [3.05, 3.63) is 6.42 Å². The predicted molar refractivity (Wildman–Crippen MR) is 38.5 cm³/mol. The van der Waals surface area contributed by atoms with Gasteiger partial charge in [0.2, 0.25) is 5.91 Å². The summed E-state index contributed by atoms with van der Waals surface area (Å²) in [6.07, 6.45) is 2.82. The van der Waals surface area contributed by atoms with Gasteiger partial charge in [-0.2, -0.15) is 0 Å². The van der Waals surface area contributed by atoms with Crippen molar-refractivity contribution in [1.29, 1.82) is 0 Å². The maximum Gasteiger partial charge on any atom is 0.250 e. The number of hydrogen-bond acceptors (Lipinski definition) is 3. The predicted octanol–water partition coefficient (Wildman–Crippen LogP) is -0.783. The van der Waals surface area contributed by atoms with Crippen molar-refractivity contribution in [2.45, 2.75) is 18.4 Å². The van der Waals surface area contributed by atoms with Crippen LogP contribution in [0.5, 0.6) is 0 Å². The van der Waals surface area contributed by atoms with Gasteiger partial charge in [-0.25, -0.2) is 0 Å². The van der Waals surface area contributed by atoms with E-state index in [0.29, 0.717) is 13.0 Å². The molecule has 1 aliphatic heterocycles. The highest BCUT2D eigenvalue weighted by Crippen LogP contribution is 2.27. The number of amides is 1. The van der Waals surface area contributed by atoms with Gasteiger partial charge < -0.3 is 15.6 Å². The summed E-state index contributed by atoms with van der Waals surface area (Å²) < 4.78 is 5.15. The van der Waals surface area contributed by atoms with E-state index in [-0.39, 0.29) is 6.61 Å². The molecule has 0 spiro atoms. The molecule has 3 N–H and O–H groups in total. The Balaban J connectivity index is 2.62. The van der Waals surface area contributed by atoms with E-state index < -0.39 is 11.5 Å². The molecule has 1 atom stereocenters. The molecule has 4 heteroatoms. The van der Waals surface area contributed by atoms with Gasteiger partial charge in [0, 0.05) is 19.6 Å². The van der Waals surface area contributed by atoms with Crippen LogP contribution in [0.3, 0.4) is 0 Å². The summed E-state index contributed by atoms with van der Waals surface area (Å²) >= 11 is 0. The summed E-state index contributed by atoms with van der Waals surface area (Å²) in [5.41, 5.74) is 4.12. The molecule has 1 rings (SSSR count). The Morgan fingerprint density at radius 2 is 2.55 bits per heavy atom. The molecule has 1 unspecified atom stereocenters. The number of rotatable bonds is 3. The first kappa shape index (κ1) is 8.49. The largest absolute Gasteiger partial charge is 0.396 e. The molecule has 0 saturated carbocycles. The molecule has 11 heavy (non-hydrogen) atoms. The van der Waals surface area contributed by atoms with E-state index in [4.69, 9.17) is 15.6 Å². The van der Waals surface area contributed by atoms with Crippen molar-refractivity contribution in [3.63, 3.8) is 0 Å². The van der Waals surface area contributed by atoms with E-state index in [1.54, 1.807) is 0 Å². The van der Waals surface area contributed by atoms with Crippen LogP contribution in [0.15, 0.2) is 0 Å². The van der Waals surface area contributed by atoms with Crippen LogP contribution in [-0.4, -0.2) is 29.8 Å². The summed E-state index contributed by atoms with van der Waals surface area (Å²) in [5.74, 6) is -0.510. The molecular weight excluding hydrogens is 146 g/mol. The first-order chi connectivity index (χ1) is 5.21. The van der Waals surface area contributed by atoms with Crippen LogP contribution >= 0.6 is 0 Å². The maximum atomic E-state index is 10.9. The molecule has 0 bridgehead atoms. The van der Waals surface area contributed by atoms with E-state index >= 15 is 0 Å². The van der Waals surface area contributed by atoms with Crippen molar-refractivity contribution < 1.29 is 14.6 Å². The second kappa shape index (κ2) is 3.19. The lowest BCUT2D eigenvalue weighted by Crippen LogP contribution is -2.44. The van der Waals surface area contributed by atoms with Gasteiger partial charge in [0.25, 0.3) is 0 Å². The number of nitrogens with two attached hydrogens (primary N) is 1. The molecule has 1 radical (unpaired) electrons. The monoisotopic (exact) mass is 158 g/mol. The number of carbonyl (C=O) groups excluding carboxylic acids is 1. The number of aliphatic hydroxyl groups excluding tert-OH is 1. The zero-order valence-electron chi connectivity index (χ0n) is 6.25. The van der Waals surface area contributed by atoms with E-state index in [1.165, 1.54) is 6.42 Å². The standard InChI is InChI=1S/C7H12NO3/c8-6(10)7(3-4-9)2-1-5-11-7/h3,9H,1-2,4-5H2,(H2,8,10). The Labute approximate surface area is 65.3 Å². The van der Waals surface area contributed by atoms with Gasteiger partial charge in [0.1, 0.15) is 0 Å². The van der Waals surface area contributed by atoms with E-state index in [9.17, 15) is 4.79 Å². The third-order valence-corrected chi connectivity index (χ3v) is 1.89. The molecular formula is C7H12NO3. The molecule has 1 heterocycles. The maximum absolute atomic E-state index is 10.9. The first-order valence-corrected chi connectivity index (χ1v) is 3.60. The lowest BCUT2D eigenvalue weighted by atomic mass is 9.96. The molecule has 0 aromatic rings. The number of aliphatic hydroxyl groups is 1. The lowest BCUT2D eigenvalue weighted by molar-refractivity contribution is -0.135. The SMILES string of the molecule is NC(=O)C1([CH]CO)CCCO1. The molecule has 0 aromatic heterocycles. The first-order valence-electron chi connectivity index (χ1n) is 3.60. The Morgan fingerprint density at radius 1 is 1.82 bits per heavy atom. The van der Waals surface area contributed by atoms with Gasteiger partial charge in [0.15, 0.2) is 5.60 Å². The molecule has 1 saturated heterocycles. The van der Waals surface area contributed by atoms with Crippen LogP contribution in [0.4, 0.5) is 0 Å². The highest BCUT2D eigenvalue weighted by atomic mass is 16.5. The summed E-state index contributed by atoms with van der Waals surface area (Å²) in [6.45, 7) is 0.363. The molecule has 63 valence electrons. The van der Waals surface area contributed by atoms with Crippen molar-refractivity contribution in [1.82, 2.24) is 0 Å². The van der Waals surface area contributed by atoms with Gasteiger partial charge in [-0.15, -0.1) is 0 Å². The average molecular weight is 158 g/mol. The number of ether oxygens (including phenoxy) is 1. The topological polar surface area (TPSA) is 72.6 Å². The minimum atomic E-state index is -0.991. The Bertz CT molecular complexity index is 152. The van der Waals surface area contributed by atoms with Crippen LogP contribution in [0.2, 0.25) is 0 Å². The summed E-state index contributed by atoms with van der Waals surface area (Å²) in [5, 5.41) is 8.60. The van der Waals surface area contributed by atoms with Gasteiger partial charge in [-0.1, -0.05) is 0 Å². The molecule has 1 amide bonds. The summed E-state index contributed by atoms with van der Waals surface area (Å²) in [7, 11) is 0. The van der Waals surface area contributed by atoms with E-state index in [1.807, 2.05) is 0 Å². The van der Waals surface area contributed by atoms with Crippen LogP contribution in [-0.2, 0) is 9.53 Å². The molecule has 1 aliphatic rings. The second-order valence-electron chi connectivity index (χ2n) is 2.59. The highest BCUT2D eigenvalue weighted by molar-refractivity contribution is 5.85. The van der Waals surface area contributed by atoms with Crippen molar-refractivity contribution in [2.24, 2.45) is 5.73 Å². The second-order valence-corrected chi connectivity index (χ2v) is 2.59. The van der Waals surface area contributed by atoms with Crippen LogP contribution in [0, 0.1) is 6.42 Å². The summed E-state index contributed by atoms with van der Waals surface area (Å²) in [4.78, 5) is 10.9. The highest BCUT2D eigenvalue weighted by Gasteiger charge is 2.40. The normalized spacial score (nSPS) is 30.6. The third-order valence-electron chi connectivity index (χ3n) is 1.89. The average Bonchev–Trinajstić information content (AvgIpc) is 2.38. The van der Waals surface area contributed by atoms with Gasteiger partial charge in [-0.05, 0) is 12.8 Å². The molecule has 0 aliphatic carbocycles. The van der Waals surface area contributed by atoms with Crippen LogP contribution < -0.4 is 5.73 Å². The van der Waals surface area contributed by atoms with E-state index in [2.05, 4.69) is 0 Å². The fraction of sp³-hybridized carbons (Fsp3) is 0.714. The minimum Gasteiger partial charge on any atom is -0.396 e. The fourth-order valence-electron chi connectivity index (χ4n) is 1.26. The Morgan fingerprint density at radius 3 is 2.91 bits per heavy atom. The Kier molecular flexibility index (Phi) is 2.46. The molecule has 4 nitrogen and oxygen atoms in total. The van der Waals surface area contributed by atoms with Crippen molar-refractivity contribution in [2.75, 3.05) is 13.2 Å². The van der Waals surface area contributed by atoms with Crippen LogP contribution in [0.1, 0.15) is 12.8 Å². The lowest BCUT2D eigenvalue weighted by Gasteiger charge is -2.22. The Hall–Kier alpha value is -0.610. The number of primary amides is 1.